The summed E-state index contributed by atoms with van der Waals surface area (Å²) in [5.41, 5.74) is 3.84. The third-order valence-corrected chi connectivity index (χ3v) is 6.06. The molecule has 1 aliphatic rings. The van der Waals surface area contributed by atoms with Gasteiger partial charge in [-0.15, -0.1) is 0 Å². The molecule has 6 nitrogen and oxygen atoms in total. The molecule has 4 rings (SSSR count). The number of carbonyl (C=O) groups is 2. The zero-order chi connectivity index (χ0) is 23.9. The maximum Gasteiger partial charge on any atom is 0.328 e. The molecule has 0 bridgehead atoms. The van der Waals surface area contributed by atoms with Crippen molar-refractivity contribution in [3.05, 3.63) is 102 Å². The predicted octanol–water partition coefficient (Wildman–Crippen LogP) is 4.60. The molecule has 0 spiro atoms. The molecule has 2 N–H and O–H groups in total. The molecule has 34 heavy (non-hydrogen) atoms. The van der Waals surface area contributed by atoms with Crippen LogP contribution in [0.5, 0.6) is 0 Å². The average Bonchev–Trinajstić information content (AvgIpc) is 3.32. The lowest BCUT2D eigenvalue weighted by Crippen LogP contribution is -2.39. The molecule has 3 aromatic carbocycles. The summed E-state index contributed by atoms with van der Waals surface area (Å²) in [5.74, 6) is -1.06. The highest BCUT2D eigenvalue weighted by Gasteiger charge is 2.31. The summed E-state index contributed by atoms with van der Waals surface area (Å²) in [6.45, 7) is 3.15. The van der Waals surface area contributed by atoms with Crippen molar-refractivity contribution in [2.24, 2.45) is 4.99 Å². The summed E-state index contributed by atoms with van der Waals surface area (Å²) in [6.07, 6.45) is 1.77. The maximum absolute atomic E-state index is 13.4. The Labute approximate surface area is 200 Å². The minimum atomic E-state index is -1.00. The van der Waals surface area contributed by atoms with E-state index in [2.05, 4.69) is 27.3 Å². The summed E-state index contributed by atoms with van der Waals surface area (Å²) >= 11 is 0. The van der Waals surface area contributed by atoms with Gasteiger partial charge in [0.25, 0.3) is 0 Å². The number of rotatable bonds is 8. The molecule has 0 aromatic heterocycles. The largest absolute Gasteiger partial charge is 0.480 e. The van der Waals surface area contributed by atoms with Gasteiger partial charge in [-0.25, -0.2) is 4.79 Å². The Kier molecular flexibility index (Phi) is 7.50. The molecule has 2 atom stereocenters. The molecule has 0 aliphatic carbocycles. The van der Waals surface area contributed by atoms with Gasteiger partial charge in [-0.2, -0.15) is 0 Å². The van der Waals surface area contributed by atoms with E-state index in [1.165, 1.54) is 5.56 Å². The standard InChI is InChI=1S/C28H29N3O3/c1-20(28(33)34)29-26(22-13-6-3-7-14-22)23-15-8-9-16-24(23)30-27(32)25-17-10-18-31(25)19-21-11-4-2-5-12-21/h2-9,11-16,20,25H,10,17-19H2,1H3,(H,30,32)(H,33,34)/t20-,25?/m0/s1. The number of carboxylic acid groups (broad SMARTS) is 1. The number of amides is 1. The highest BCUT2D eigenvalue weighted by molar-refractivity contribution is 6.17. The van der Waals surface area contributed by atoms with E-state index in [4.69, 9.17) is 0 Å². The van der Waals surface area contributed by atoms with E-state index in [1.807, 2.05) is 72.8 Å². The zero-order valence-electron chi connectivity index (χ0n) is 19.2. The summed E-state index contributed by atoms with van der Waals surface area (Å²) < 4.78 is 0. The van der Waals surface area contributed by atoms with Gasteiger partial charge in [-0.3, -0.25) is 14.7 Å². The van der Waals surface area contributed by atoms with Gasteiger partial charge in [0, 0.05) is 17.7 Å². The topological polar surface area (TPSA) is 82.0 Å². The number of para-hydroxylation sites is 1. The van der Waals surface area contributed by atoms with Crippen LogP contribution in [0.4, 0.5) is 5.69 Å². The minimum Gasteiger partial charge on any atom is -0.480 e. The molecule has 0 radical (unpaired) electrons. The number of aliphatic carboxylic acids is 1. The molecule has 0 saturated carbocycles. The summed E-state index contributed by atoms with van der Waals surface area (Å²) in [5, 5.41) is 12.6. The number of hydrogen-bond donors (Lipinski definition) is 2. The minimum absolute atomic E-state index is 0.0559. The first-order chi connectivity index (χ1) is 16.5. The molecule has 1 fully saturated rings. The molecular formula is C28H29N3O3. The number of aliphatic imine (C=N–C) groups is 1. The molecule has 174 valence electrons. The Balaban J connectivity index is 1.61. The van der Waals surface area contributed by atoms with Crippen LogP contribution >= 0.6 is 0 Å². The van der Waals surface area contributed by atoms with Gasteiger partial charge < -0.3 is 10.4 Å². The molecule has 3 aromatic rings. The second-order valence-electron chi connectivity index (χ2n) is 8.51. The third kappa shape index (κ3) is 5.58. The van der Waals surface area contributed by atoms with Crippen LogP contribution in [-0.4, -0.2) is 46.2 Å². The molecule has 1 saturated heterocycles. The first-order valence-corrected chi connectivity index (χ1v) is 11.6. The summed E-state index contributed by atoms with van der Waals surface area (Å²) in [4.78, 5) is 31.6. The second-order valence-corrected chi connectivity index (χ2v) is 8.51. The van der Waals surface area contributed by atoms with E-state index in [0.29, 0.717) is 17.0 Å². The van der Waals surface area contributed by atoms with Crippen molar-refractivity contribution in [3.8, 4) is 0 Å². The highest BCUT2D eigenvalue weighted by atomic mass is 16.4. The Bertz CT molecular complexity index is 1160. The van der Waals surface area contributed by atoms with Gasteiger partial charge >= 0.3 is 5.97 Å². The average molecular weight is 456 g/mol. The molecule has 1 aliphatic heterocycles. The second kappa shape index (κ2) is 10.9. The van der Waals surface area contributed by atoms with E-state index < -0.39 is 12.0 Å². The third-order valence-electron chi connectivity index (χ3n) is 6.06. The van der Waals surface area contributed by atoms with Crippen LogP contribution in [0.25, 0.3) is 0 Å². The Hall–Kier alpha value is -3.77. The van der Waals surface area contributed by atoms with E-state index >= 15 is 0 Å². The lowest BCUT2D eigenvalue weighted by Gasteiger charge is -2.24. The highest BCUT2D eigenvalue weighted by Crippen LogP contribution is 2.25. The Morgan fingerprint density at radius 1 is 1.00 bits per heavy atom. The van der Waals surface area contributed by atoms with Crippen molar-refractivity contribution < 1.29 is 14.7 Å². The van der Waals surface area contributed by atoms with Crippen LogP contribution in [0.15, 0.2) is 89.9 Å². The Morgan fingerprint density at radius 2 is 1.65 bits per heavy atom. The molecule has 1 amide bonds. The summed E-state index contributed by atoms with van der Waals surface area (Å²) in [6, 6.07) is 25.9. The van der Waals surface area contributed by atoms with Crippen LogP contribution in [0.2, 0.25) is 0 Å². The molecule has 1 unspecified atom stereocenters. The van der Waals surface area contributed by atoms with Gasteiger partial charge in [0.1, 0.15) is 6.04 Å². The van der Waals surface area contributed by atoms with E-state index in [0.717, 1.165) is 31.5 Å². The number of hydrogen-bond acceptors (Lipinski definition) is 4. The molecule has 1 heterocycles. The number of likely N-dealkylation sites (tertiary alicyclic amines) is 1. The van der Waals surface area contributed by atoms with Gasteiger partial charge in [0.2, 0.25) is 5.91 Å². The zero-order valence-corrected chi connectivity index (χ0v) is 19.2. The van der Waals surface area contributed by atoms with Crippen molar-refractivity contribution >= 4 is 23.3 Å². The number of anilines is 1. The molecular weight excluding hydrogens is 426 g/mol. The lowest BCUT2D eigenvalue weighted by molar-refractivity contribution is -0.138. The van der Waals surface area contributed by atoms with Crippen molar-refractivity contribution in [2.75, 3.05) is 11.9 Å². The van der Waals surface area contributed by atoms with Gasteiger partial charge in [0.15, 0.2) is 0 Å². The summed E-state index contributed by atoms with van der Waals surface area (Å²) in [7, 11) is 0. The lowest BCUT2D eigenvalue weighted by atomic mass is 9.99. The predicted molar refractivity (Wildman–Crippen MR) is 134 cm³/mol. The first-order valence-electron chi connectivity index (χ1n) is 11.6. The normalized spacial score (nSPS) is 17.3. The number of nitrogens with zero attached hydrogens (tertiary/aromatic N) is 2. The van der Waals surface area contributed by atoms with Crippen LogP contribution in [-0.2, 0) is 16.1 Å². The van der Waals surface area contributed by atoms with Crippen LogP contribution in [0.3, 0.4) is 0 Å². The monoisotopic (exact) mass is 455 g/mol. The number of benzene rings is 3. The fourth-order valence-corrected chi connectivity index (χ4v) is 4.29. The number of carboxylic acids is 1. The van der Waals surface area contributed by atoms with Gasteiger partial charge in [-0.1, -0.05) is 78.9 Å². The molecule has 6 heteroatoms. The van der Waals surface area contributed by atoms with E-state index in [9.17, 15) is 14.7 Å². The van der Waals surface area contributed by atoms with Crippen LogP contribution in [0.1, 0.15) is 36.5 Å². The van der Waals surface area contributed by atoms with E-state index in [-0.39, 0.29) is 11.9 Å². The fraction of sp³-hybridized carbons (Fsp3) is 0.250. The van der Waals surface area contributed by atoms with Crippen LogP contribution < -0.4 is 5.32 Å². The maximum atomic E-state index is 13.4. The Morgan fingerprint density at radius 3 is 2.35 bits per heavy atom. The number of carbonyl (C=O) groups excluding carboxylic acids is 1. The SMILES string of the molecule is C[C@H](N=C(c1ccccc1)c1ccccc1NC(=O)C1CCCN1Cc1ccccc1)C(=O)O. The van der Waals surface area contributed by atoms with Crippen molar-refractivity contribution in [3.63, 3.8) is 0 Å². The fourth-order valence-electron chi connectivity index (χ4n) is 4.29. The van der Waals surface area contributed by atoms with Crippen molar-refractivity contribution in [2.45, 2.75) is 38.4 Å². The van der Waals surface area contributed by atoms with Crippen LogP contribution in [0, 0.1) is 0 Å². The van der Waals surface area contributed by atoms with E-state index in [1.54, 1.807) is 6.92 Å². The van der Waals surface area contributed by atoms with Crippen molar-refractivity contribution in [1.82, 2.24) is 4.90 Å². The smallest absolute Gasteiger partial charge is 0.328 e. The van der Waals surface area contributed by atoms with Gasteiger partial charge in [0.05, 0.1) is 17.4 Å². The quantitative estimate of drug-likeness (QED) is 0.487. The van der Waals surface area contributed by atoms with Gasteiger partial charge in [-0.05, 0) is 37.9 Å². The number of nitrogens with one attached hydrogen (secondary N) is 1. The van der Waals surface area contributed by atoms with Crippen molar-refractivity contribution in [1.29, 1.82) is 0 Å². The first kappa shape index (κ1) is 23.4.